The summed E-state index contributed by atoms with van der Waals surface area (Å²) in [5.74, 6) is -0.687. The molecule has 1 aromatic carbocycles. The normalized spacial score (nSPS) is 16.0. The molecule has 3 nitrogen and oxygen atoms in total. The third-order valence-corrected chi connectivity index (χ3v) is 3.40. The predicted octanol–water partition coefficient (Wildman–Crippen LogP) is 2.45. The maximum atomic E-state index is 11.6. The third kappa shape index (κ3) is 2.99. The van der Waals surface area contributed by atoms with Gasteiger partial charge in [0.2, 0.25) is 0 Å². The Labute approximate surface area is 106 Å². The zero-order valence-electron chi connectivity index (χ0n) is 10.0. The van der Waals surface area contributed by atoms with Crippen LogP contribution in [0.5, 0.6) is 0 Å². The zero-order chi connectivity index (χ0) is 12.9. The number of rotatable bonds is 5. The van der Waals surface area contributed by atoms with Gasteiger partial charge in [0.1, 0.15) is 4.87 Å². The molecule has 1 rings (SSSR count). The van der Waals surface area contributed by atoms with E-state index in [1.807, 2.05) is 25.1 Å². The predicted molar refractivity (Wildman–Crippen MR) is 66.9 cm³/mol. The maximum absolute atomic E-state index is 11.6. The minimum atomic E-state index is -1.36. The van der Waals surface area contributed by atoms with Gasteiger partial charge in [0.05, 0.1) is 6.61 Å². The fourth-order valence-corrected chi connectivity index (χ4v) is 1.89. The summed E-state index contributed by atoms with van der Waals surface area (Å²) < 4.78 is 4.80. The van der Waals surface area contributed by atoms with Crippen molar-refractivity contribution in [2.75, 3.05) is 6.61 Å². The smallest absolute Gasteiger partial charge is 0.337 e. The van der Waals surface area contributed by atoms with Crippen LogP contribution in [0.2, 0.25) is 0 Å². The first-order valence-corrected chi connectivity index (χ1v) is 6.03. The fourth-order valence-electron chi connectivity index (χ4n) is 1.68. The number of aliphatic hydroxyl groups excluding tert-OH is 1. The second kappa shape index (κ2) is 6.03. The van der Waals surface area contributed by atoms with Crippen LogP contribution in [0.4, 0.5) is 0 Å². The number of aliphatic hydroxyl groups is 1. The van der Waals surface area contributed by atoms with E-state index >= 15 is 0 Å². The highest BCUT2D eigenvalue weighted by Crippen LogP contribution is 2.36. The van der Waals surface area contributed by atoms with E-state index in [9.17, 15) is 9.90 Å². The topological polar surface area (TPSA) is 46.5 Å². The van der Waals surface area contributed by atoms with Gasteiger partial charge < -0.3 is 9.84 Å². The van der Waals surface area contributed by atoms with E-state index in [1.54, 1.807) is 19.1 Å². The van der Waals surface area contributed by atoms with Crippen molar-refractivity contribution in [1.29, 1.82) is 0 Å². The number of ether oxygens (including phenoxy) is 1. The van der Waals surface area contributed by atoms with Gasteiger partial charge in [-0.3, -0.25) is 0 Å². The molecule has 0 aromatic heterocycles. The lowest BCUT2D eigenvalue weighted by molar-refractivity contribution is -0.155. The van der Waals surface area contributed by atoms with Crippen LogP contribution in [0.1, 0.15) is 25.8 Å². The Morgan fingerprint density at radius 3 is 2.47 bits per heavy atom. The Balaban J connectivity index is 3.00. The van der Waals surface area contributed by atoms with Gasteiger partial charge in [-0.1, -0.05) is 37.3 Å². The molecule has 4 heteroatoms. The summed E-state index contributed by atoms with van der Waals surface area (Å²) in [4.78, 5) is 10.4. The molecule has 0 amide bonds. The van der Waals surface area contributed by atoms with Gasteiger partial charge in [0.15, 0.2) is 6.10 Å². The summed E-state index contributed by atoms with van der Waals surface area (Å²) in [5, 5.41) is 10.0. The number of benzene rings is 1. The van der Waals surface area contributed by atoms with Crippen LogP contribution in [-0.2, 0) is 14.4 Å². The van der Waals surface area contributed by atoms with Crippen LogP contribution in [-0.4, -0.2) is 23.8 Å². The average molecular weight is 257 g/mol. The molecule has 1 aromatic rings. The van der Waals surface area contributed by atoms with Crippen LogP contribution in [0.25, 0.3) is 0 Å². The van der Waals surface area contributed by atoms with Crippen LogP contribution >= 0.6 is 11.6 Å². The molecule has 0 fully saturated rings. The molecule has 2 atom stereocenters. The molecule has 0 aliphatic carbocycles. The van der Waals surface area contributed by atoms with Crippen LogP contribution in [0.15, 0.2) is 30.3 Å². The standard InChI is InChI=1S/C13H17ClO3/c1-3-13(14,10-8-6-5-7-9-10)11(15)12(16)17-4-2/h5-9,11,15H,3-4H2,1-2H3/t11-,13+/m0/s1. The molecule has 1 N–H and O–H groups in total. The molecular weight excluding hydrogens is 240 g/mol. The van der Waals surface area contributed by atoms with Gasteiger partial charge >= 0.3 is 5.97 Å². The first kappa shape index (κ1) is 14.0. The fraction of sp³-hybridized carbons (Fsp3) is 0.462. The molecule has 0 aliphatic rings. The summed E-state index contributed by atoms with van der Waals surface area (Å²) in [6, 6.07) is 9.07. The number of hydrogen-bond donors (Lipinski definition) is 1. The van der Waals surface area contributed by atoms with Crippen molar-refractivity contribution in [2.24, 2.45) is 0 Å². The second-order valence-corrected chi connectivity index (χ2v) is 4.41. The number of carbonyl (C=O) groups excluding carboxylic acids is 1. The van der Waals surface area contributed by atoms with Gasteiger partial charge in [0, 0.05) is 0 Å². The highest BCUT2D eigenvalue weighted by molar-refractivity contribution is 6.25. The number of carbonyl (C=O) groups is 1. The molecular formula is C13H17ClO3. The summed E-state index contributed by atoms with van der Waals surface area (Å²) in [7, 11) is 0. The van der Waals surface area contributed by atoms with Crippen molar-refractivity contribution in [1.82, 2.24) is 0 Å². The molecule has 0 saturated carbocycles. The van der Waals surface area contributed by atoms with Gasteiger partial charge in [-0.15, -0.1) is 11.6 Å². The lowest BCUT2D eigenvalue weighted by Crippen LogP contribution is -2.41. The Kier molecular flexibility index (Phi) is 4.97. The molecule has 0 unspecified atom stereocenters. The van der Waals surface area contributed by atoms with Crippen LogP contribution in [0.3, 0.4) is 0 Å². The first-order chi connectivity index (χ1) is 8.06. The SMILES string of the molecule is CCOC(=O)[C@H](O)[C@@](Cl)(CC)c1ccccc1. The lowest BCUT2D eigenvalue weighted by Gasteiger charge is -2.30. The molecule has 17 heavy (non-hydrogen) atoms. The number of esters is 1. The van der Waals surface area contributed by atoms with E-state index in [0.29, 0.717) is 12.0 Å². The number of halogens is 1. The van der Waals surface area contributed by atoms with Crippen molar-refractivity contribution >= 4 is 17.6 Å². The minimum Gasteiger partial charge on any atom is -0.464 e. The first-order valence-electron chi connectivity index (χ1n) is 5.65. The largest absolute Gasteiger partial charge is 0.464 e. The quantitative estimate of drug-likeness (QED) is 0.650. The van der Waals surface area contributed by atoms with Gasteiger partial charge in [-0.05, 0) is 18.9 Å². The summed E-state index contributed by atoms with van der Waals surface area (Å²) in [5.41, 5.74) is 0.713. The van der Waals surface area contributed by atoms with Gasteiger partial charge in [-0.2, -0.15) is 0 Å². The van der Waals surface area contributed by atoms with Crippen molar-refractivity contribution in [3.8, 4) is 0 Å². The van der Waals surface area contributed by atoms with E-state index in [4.69, 9.17) is 16.3 Å². The Morgan fingerprint density at radius 1 is 1.41 bits per heavy atom. The molecule has 0 radical (unpaired) electrons. The molecule has 94 valence electrons. The van der Waals surface area contributed by atoms with E-state index < -0.39 is 16.9 Å². The van der Waals surface area contributed by atoms with Crippen LogP contribution in [0, 0.1) is 0 Å². The lowest BCUT2D eigenvalue weighted by atomic mass is 9.90. The summed E-state index contributed by atoms with van der Waals surface area (Å²) in [6.07, 6.45) is -0.935. The van der Waals surface area contributed by atoms with E-state index in [0.717, 1.165) is 0 Å². The second-order valence-electron chi connectivity index (χ2n) is 3.74. The number of alkyl halides is 1. The molecule has 0 spiro atoms. The molecule has 0 heterocycles. The average Bonchev–Trinajstić information content (AvgIpc) is 2.38. The van der Waals surface area contributed by atoms with Crippen molar-refractivity contribution in [3.05, 3.63) is 35.9 Å². The van der Waals surface area contributed by atoms with E-state index in [-0.39, 0.29) is 6.61 Å². The number of hydrogen-bond acceptors (Lipinski definition) is 3. The minimum absolute atomic E-state index is 0.224. The van der Waals surface area contributed by atoms with E-state index in [1.165, 1.54) is 0 Å². The van der Waals surface area contributed by atoms with Gasteiger partial charge in [0.25, 0.3) is 0 Å². The Morgan fingerprint density at radius 2 is 2.00 bits per heavy atom. The van der Waals surface area contributed by atoms with Crippen molar-refractivity contribution < 1.29 is 14.6 Å². The Hall–Kier alpha value is -1.06. The zero-order valence-corrected chi connectivity index (χ0v) is 10.8. The van der Waals surface area contributed by atoms with Crippen molar-refractivity contribution in [3.63, 3.8) is 0 Å². The van der Waals surface area contributed by atoms with Gasteiger partial charge in [-0.25, -0.2) is 4.79 Å². The highest BCUT2D eigenvalue weighted by Gasteiger charge is 2.41. The van der Waals surface area contributed by atoms with Crippen LogP contribution < -0.4 is 0 Å². The van der Waals surface area contributed by atoms with E-state index in [2.05, 4.69) is 0 Å². The monoisotopic (exact) mass is 256 g/mol. The van der Waals surface area contributed by atoms with Crippen molar-refractivity contribution in [2.45, 2.75) is 31.2 Å². The molecule has 0 aliphatic heterocycles. The highest BCUT2D eigenvalue weighted by atomic mass is 35.5. The molecule has 0 saturated heterocycles. The summed E-state index contributed by atoms with van der Waals surface area (Å²) in [6.45, 7) is 3.73. The summed E-state index contributed by atoms with van der Waals surface area (Å²) >= 11 is 6.38. The Bertz CT molecular complexity index is 366. The third-order valence-electron chi connectivity index (χ3n) is 2.71. The maximum Gasteiger partial charge on any atom is 0.337 e. The molecule has 0 bridgehead atoms.